The van der Waals surface area contributed by atoms with E-state index in [1.165, 1.54) is 12.8 Å². The lowest BCUT2D eigenvalue weighted by Crippen LogP contribution is -2.63. The van der Waals surface area contributed by atoms with E-state index in [2.05, 4.69) is 18.7 Å². The van der Waals surface area contributed by atoms with Crippen LogP contribution in [0.4, 0.5) is 0 Å². The molecule has 0 radical (unpaired) electrons. The van der Waals surface area contributed by atoms with Gasteiger partial charge in [0.15, 0.2) is 0 Å². The first-order valence-corrected chi connectivity index (χ1v) is 10.7. The van der Waals surface area contributed by atoms with Gasteiger partial charge in [0.05, 0.1) is 12.2 Å². The second kappa shape index (κ2) is 7.46. The first-order valence-electron chi connectivity index (χ1n) is 10.7. The molecule has 4 saturated carbocycles. The maximum atomic E-state index is 13.1. The number of hydrogen-bond donors (Lipinski definition) is 1. The summed E-state index contributed by atoms with van der Waals surface area (Å²) in [5.74, 6) is 2.75. The van der Waals surface area contributed by atoms with Gasteiger partial charge in [-0.1, -0.05) is 18.2 Å². The lowest BCUT2D eigenvalue weighted by atomic mass is 9.52. The van der Waals surface area contributed by atoms with Gasteiger partial charge in [0.1, 0.15) is 5.75 Å². The normalized spacial score (nSPS) is 34.1. The van der Waals surface area contributed by atoms with Gasteiger partial charge in [-0.05, 0) is 82.3 Å². The van der Waals surface area contributed by atoms with Crippen molar-refractivity contribution >= 4 is 5.91 Å². The number of nitrogens with zero attached hydrogens (tertiary/aromatic N) is 1. The topological polar surface area (TPSA) is 49.8 Å². The average Bonchev–Trinajstić information content (AvgIpc) is 2.60. The molecule has 4 aliphatic carbocycles. The van der Waals surface area contributed by atoms with E-state index in [0.717, 1.165) is 31.4 Å². The molecule has 4 aliphatic rings. The molecule has 4 bridgehead atoms. The van der Waals surface area contributed by atoms with Crippen molar-refractivity contribution in [2.45, 2.75) is 76.5 Å². The van der Waals surface area contributed by atoms with Crippen LogP contribution in [-0.2, 0) is 4.79 Å². The molecule has 1 aromatic carbocycles. The Balaban J connectivity index is 1.36. The van der Waals surface area contributed by atoms with Crippen LogP contribution in [0.3, 0.4) is 0 Å². The minimum Gasteiger partial charge on any atom is -0.494 e. The molecule has 2 atom stereocenters. The van der Waals surface area contributed by atoms with Gasteiger partial charge in [-0.25, -0.2) is 0 Å². The van der Waals surface area contributed by atoms with Gasteiger partial charge in [-0.2, -0.15) is 0 Å². The zero-order chi connectivity index (χ0) is 19.0. The molecule has 0 aliphatic heterocycles. The van der Waals surface area contributed by atoms with Gasteiger partial charge in [0.2, 0.25) is 5.91 Å². The predicted molar refractivity (Wildman–Crippen MR) is 105 cm³/mol. The molecule has 0 heterocycles. The van der Waals surface area contributed by atoms with Crippen LogP contribution < -0.4 is 4.74 Å². The van der Waals surface area contributed by atoms with E-state index < -0.39 is 5.60 Å². The fourth-order valence-electron chi connectivity index (χ4n) is 6.27. The molecule has 1 amide bonds. The summed E-state index contributed by atoms with van der Waals surface area (Å²) >= 11 is 0. The molecule has 27 heavy (non-hydrogen) atoms. The highest BCUT2D eigenvalue weighted by atomic mass is 16.5. The van der Waals surface area contributed by atoms with Gasteiger partial charge < -0.3 is 14.7 Å². The molecule has 4 heteroatoms. The van der Waals surface area contributed by atoms with Crippen LogP contribution in [-0.4, -0.2) is 40.2 Å². The molecular formula is C23H33NO3. The molecule has 1 N–H and O–H groups in total. The van der Waals surface area contributed by atoms with E-state index in [4.69, 9.17) is 4.74 Å². The lowest BCUT2D eigenvalue weighted by molar-refractivity contribution is -0.174. The molecule has 0 spiro atoms. The molecule has 0 aromatic heterocycles. The fourth-order valence-corrected chi connectivity index (χ4v) is 6.27. The molecule has 0 saturated heterocycles. The second-order valence-corrected chi connectivity index (χ2v) is 9.34. The van der Waals surface area contributed by atoms with Crippen LogP contribution in [0, 0.1) is 17.8 Å². The van der Waals surface area contributed by atoms with Gasteiger partial charge in [0, 0.05) is 18.5 Å². The van der Waals surface area contributed by atoms with E-state index in [0.29, 0.717) is 36.8 Å². The van der Waals surface area contributed by atoms with E-state index in [-0.39, 0.29) is 11.9 Å². The maximum absolute atomic E-state index is 13.1. The molecule has 1 aromatic rings. The Hall–Kier alpha value is -1.55. The van der Waals surface area contributed by atoms with Crippen molar-refractivity contribution in [2.24, 2.45) is 17.8 Å². The number of hydrogen-bond acceptors (Lipinski definition) is 3. The lowest BCUT2D eigenvalue weighted by Gasteiger charge is -2.60. The third kappa shape index (κ3) is 3.87. The third-order valence-corrected chi connectivity index (χ3v) is 6.90. The summed E-state index contributed by atoms with van der Waals surface area (Å²) in [7, 11) is 0. The summed E-state index contributed by atoms with van der Waals surface area (Å²) in [4.78, 5) is 15.3. The Morgan fingerprint density at radius 1 is 1.19 bits per heavy atom. The van der Waals surface area contributed by atoms with Gasteiger partial charge in [-0.15, -0.1) is 0 Å². The second-order valence-electron chi connectivity index (χ2n) is 9.34. The van der Waals surface area contributed by atoms with Crippen molar-refractivity contribution in [2.75, 3.05) is 6.61 Å². The molecule has 2 unspecified atom stereocenters. The van der Waals surface area contributed by atoms with Crippen molar-refractivity contribution in [3.05, 3.63) is 30.3 Å². The summed E-state index contributed by atoms with van der Waals surface area (Å²) < 4.78 is 5.75. The Kier molecular flexibility index (Phi) is 5.19. The van der Waals surface area contributed by atoms with Crippen LogP contribution in [0.25, 0.3) is 0 Å². The zero-order valence-electron chi connectivity index (χ0n) is 16.6. The van der Waals surface area contributed by atoms with Crippen molar-refractivity contribution in [3.8, 4) is 5.75 Å². The smallest absolute Gasteiger partial charge is 0.223 e. The number of amides is 1. The largest absolute Gasteiger partial charge is 0.494 e. The van der Waals surface area contributed by atoms with E-state index in [1.54, 1.807) is 0 Å². The zero-order valence-corrected chi connectivity index (χ0v) is 16.6. The number of aliphatic hydroxyl groups is 1. The van der Waals surface area contributed by atoms with Crippen LogP contribution in [0.15, 0.2) is 30.3 Å². The Labute approximate surface area is 162 Å². The summed E-state index contributed by atoms with van der Waals surface area (Å²) in [6, 6.07) is 10.3. The highest BCUT2D eigenvalue weighted by Gasteiger charge is 2.56. The Morgan fingerprint density at radius 3 is 2.44 bits per heavy atom. The minimum absolute atomic E-state index is 0.213. The highest BCUT2D eigenvalue weighted by molar-refractivity contribution is 5.77. The highest BCUT2D eigenvalue weighted by Crippen LogP contribution is 2.57. The molecule has 5 rings (SSSR count). The van der Waals surface area contributed by atoms with Gasteiger partial charge >= 0.3 is 0 Å². The summed E-state index contributed by atoms with van der Waals surface area (Å²) in [5, 5.41) is 10.8. The van der Waals surface area contributed by atoms with Crippen LogP contribution in [0.5, 0.6) is 5.75 Å². The van der Waals surface area contributed by atoms with Gasteiger partial charge in [0.25, 0.3) is 0 Å². The van der Waals surface area contributed by atoms with E-state index >= 15 is 0 Å². The number of carbonyl (C=O) groups is 1. The Morgan fingerprint density at radius 2 is 1.85 bits per heavy atom. The molecular weight excluding hydrogens is 338 g/mol. The summed E-state index contributed by atoms with van der Waals surface area (Å²) in [6.07, 6.45) is 6.42. The maximum Gasteiger partial charge on any atom is 0.223 e. The number of para-hydroxylation sites is 1. The minimum atomic E-state index is -0.442. The molecule has 148 valence electrons. The number of ether oxygens (including phenoxy) is 1. The van der Waals surface area contributed by atoms with E-state index in [9.17, 15) is 9.90 Å². The first-order chi connectivity index (χ1) is 13.0. The number of benzene rings is 1. The van der Waals surface area contributed by atoms with E-state index in [1.807, 2.05) is 30.3 Å². The standard InChI is InChI=1S/C23H33NO3/c1-16(2)24(21(25)9-6-10-27-20-7-4-3-5-8-20)22-18-11-17-12-19(22)15-23(26,13-17)14-18/h3-5,7-8,16-19,22,26H,6,9-15H2,1-2H3. The monoisotopic (exact) mass is 371 g/mol. The summed E-state index contributed by atoms with van der Waals surface area (Å²) in [5.41, 5.74) is -0.442. The van der Waals surface area contributed by atoms with Crippen molar-refractivity contribution in [1.29, 1.82) is 0 Å². The van der Waals surface area contributed by atoms with Crippen LogP contribution >= 0.6 is 0 Å². The fraction of sp³-hybridized carbons (Fsp3) is 0.696. The number of carbonyl (C=O) groups excluding carboxylic acids is 1. The van der Waals surface area contributed by atoms with Crippen LogP contribution in [0.1, 0.15) is 58.8 Å². The summed E-state index contributed by atoms with van der Waals surface area (Å²) in [6.45, 7) is 4.84. The van der Waals surface area contributed by atoms with Crippen LogP contribution in [0.2, 0.25) is 0 Å². The SMILES string of the molecule is CC(C)N(C(=O)CCCOc1ccccc1)C1C2CC3CC1CC(O)(C3)C2. The predicted octanol–water partition coefficient (Wildman–Crippen LogP) is 4.02. The molecule has 4 nitrogen and oxygen atoms in total. The van der Waals surface area contributed by atoms with Crippen molar-refractivity contribution < 1.29 is 14.6 Å². The van der Waals surface area contributed by atoms with Gasteiger partial charge in [-0.3, -0.25) is 4.79 Å². The van der Waals surface area contributed by atoms with Crippen molar-refractivity contribution in [3.63, 3.8) is 0 Å². The molecule has 4 fully saturated rings. The first kappa shape index (κ1) is 18.8. The number of rotatable bonds is 7. The average molecular weight is 372 g/mol. The quantitative estimate of drug-likeness (QED) is 0.737. The Bertz CT molecular complexity index is 643. The van der Waals surface area contributed by atoms with Crippen molar-refractivity contribution in [1.82, 2.24) is 4.90 Å². The third-order valence-electron chi connectivity index (χ3n) is 6.90.